The van der Waals surface area contributed by atoms with Crippen molar-refractivity contribution in [1.82, 2.24) is 9.55 Å². The van der Waals surface area contributed by atoms with Gasteiger partial charge in [0.2, 0.25) is 5.95 Å². The predicted octanol–water partition coefficient (Wildman–Crippen LogP) is 4.35. The number of hydrogen-bond donors (Lipinski definition) is 1. The molecule has 2 rings (SSSR count). The van der Waals surface area contributed by atoms with Crippen molar-refractivity contribution < 1.29 is 0 Å². The van der Waals surface area contributed by atoms with Gasteiger partial charge in [-0.3, -0.25) is 0 Å². The minimum atomic E-state index is 0.943. The highest BCUT2D eigenvalue weighted by atomic mass is 15.2. The number of benzene rings is 1. The van der Waals surface area contributed by atoms with Crippen molar-refractivity contribution in [1.29, 1.82) is 0 Å². The van der Waals surface area contributed by atoms with Crippen LogP contribution in [0.15, 0.2) is 24.4 Å². The third-order valence-electron chi connectivity index (χ3n) is 3.28. The molecule has 0 aliphatic heterocycles. The Hall–Kier alpha value is -1.77. The van der Waals surface area contributed by atoms with Gasteiger partial charge in [-0.1, -0.05) is 31.0 Å². The maximum Gasteiger partial charge on any atom is 0.207 e. The third-order valence-corrected chi connectivity index (χ3v) is 3.28. The molecule has 19 heavy (non-hydrogen) atoms. The monoisotopic (exact) mass is 257 g/mol. The number of hydrogen-bond acceptors (Lipinski definition) is 2. The van der Waals surface area contributed by atoms with Crippen LogP contribution in [-0.2, 0) is 6.54 Å². The predicted molar refractivity (Wildman–Crippen MR) is 81.1 cm³/mol. The summed E-state index contributed by atoms with van der Waals surface area (Å²) in [6.45, 7) is 9.51. The molecule has 0 saturated heterocycles. The normalized spacial score (nSPS) is 10.7. The summed E-state index contributed by atoms with van der Waals surface area (Å²) in [5, 5.41) is 3.45. The van der Waals surface area contributed by atoms with Crippen LogP contribution in [0.3, 0.4) is 0 Å². The molecule has 0 saturated carbocycles. The van der Waals surface area contributed by atoms with Crippen LogP contribution in [0.1, 0.15) is 36.6 Å². The number of anilines is 2. The molecule has 3 heteroatoms. The maximum absolute atomic E-state index is 4.57. The van der Waals surface area contributed by atoms with Crippen LogP contribution in [-0.4, -0.2) is 9.55 Å². The lowest BCUT2D eigenvalue weighted by atomic mass is 10.1. The molecular formula is C16H23N3. The number of nitrogens with zero attached hydrogens (tertiary/aromatic N) is 2. The summed E-state index contributed by atoms with van der Waals surface area (Å²) in [5.74, 6) is 0.943. The summed E-state index contributed by atoms with van der Waals surface area (Å²) in [6, 6.07) is 6.44. The molecule has 0 fully saturated rings. The summed E-state index contributed by atoms with van der Waals surface area (Å²) in [5.41, 5.74) is 4.73. The summed E-state index contributed by atoms with van der Waals surface area (Å²) in [4.78, 5) is 4.57. The topological polar surface area (TPSA) is 29.9 Å². The number of aromatic nitrogens is 2. The number of rotatable bonds is 5. The van der Waals surface area contributed by atoms with Crippen LogP contribution < -0.4 is 5.32 Å². The number of unbranched alkanes of at least 4 members (excludes halogenated alkanes) is 1. The lowest BCUT2D eigenvalue weighted by Crippen LogP contribution is -2.04. The number of aryl methyl sites for hydroxylation is 4. The highest BCUT2D eigenvalue weighted by Gasteiger charge is 2.07. The number of nitrogens with one attached hydrogen (secondary N) is 1. The first-order valence-corrected chi connectivity index (χ1v) is 6.98. The van der Waals surface area contributed by atoms with E-state index in [1.54, 1.807) is 0 Å². The Balaban J connectivity index is 2.22. The molecule has 0 amide bonds. The fraction of sp³-hybridized carbons (Fsp3) is 0.438. The van der Waals surface area contributed by atoms with E-state index in [9.17, 15) is 0 Å². The Morgan fingerprint density at radius 2 is 2.00 bits per heavy atom. The third kappa shape index (κ3) is 3.37. The molecule has 1 N–H and O–H groups in total. The average molecular weight is 257 g/mol. The molecule has 1 aromatic heterocycles. The first kappa shape index (κ1) is 13.7. The zero-order chi connectivity index (χ0) is 13.8. The fourth-order valence-electron chi connectivity index (χ4n) is 2.22. The van der Waals surface area contributed by atoms with Gasteiger partial charge in [-0.05, 0) is 38.8 Å². The molecule has 0 aliphatic rings. The van der Waals surface area contributed by atoms with Crippen LogP contribution in [0.4, 0.5) is 11.6 Å². The standard InChI is InChI=1S/C16H23N3/c1-5-6-9-19-11-14(4)17-16(19)18-15-8-7-12(2)10-13(15)3/h7-8,10-11H,5-6,9H2,1-4H3,(H,17,18). The first-order chi connectivity index (χ1) is 9.10. The van der Waals surface area contributed by atoms with E-state index < -0.39 is 0 Å². The highest BCUT2D eigenvalue weighted by Crippen LogP contribution is 2.21. The van der Waals surface area contributed by atoms with Gasteiger partial charge >= 0.3 is 0 Å². The molecule has 0 spiro atoms. The smallest absolute Gasteiger partial charge is 0.207 e. The van der Waals surface area contributed by atoms with E-state index in [4.69, 9.17) is 0 Å². The maximum atomic E-state index is 4.57. The van der Waals surface area contributed by atoms with E-state index in [0.717, 1.165) is 23.9 Å². The molecule has 0 bridgehead atoms. The molecule has 0 radical (unpaired) electrons. The molecular weight excluding hydrogens is 234 g/mol. The largest absolute Gasteiger partial charge is 0.325 e. The van der Waals surface area contributed by atoms with Gasteiger partial charge in [0, 0.05) is 18.4 Å². The SMILES string of the molecule is CCCCn1cc(C)nc1Nc1ccc(C)cc1C. The van der Waals surface area contributed by atoms with Gasteiger partial charge in [0.15, 0.2) is 0 Å². The molecule has 2 aromatic rings. The Bertz CT molecular complexity index is 555. The molecule has 0 aliphatic carbocycles. The van der Waals surface area contributed by atoms with E-state index in [1.807, 2.05) is 6.92 Å². The Morgan fingerprint density at radius 3 is 2.68 bits per heavy atom. The summed E-state index contributed by atoms with van der Waals surface area (Å²) in [6.07, 6.45) is 4.49. The molecule has 102 valence electrons. The fourth-order valence-corrected chi connectivity index (χ4v) is 2.22. The van der Waals surface area contributed by atoms with E-state index in [-0.39, 0.29) is 0 Å². The van der Waals surface area contributed by atoms with Gasteiger partial charge in [0.25, 0.3) is 0 Å². The van der Waals surface area contributed by atoms with Crippen molar-refractivity contribution in [2.75, 3.05) is 5.32 Å². The van der Waals surface area contributed by atoms with Crippen molar-refractivity contribution in [2.45, 2.75) is 47.1 Å². The van der Waals surface area contributed by atoms with Crippen molar-refractivity contribution in [3.8, 4) is 0 Å². The van der Waals surface area contributed by atoms with Crippen molar-refractivity contribution in [3.05, 3.63) is 41.2 Å². The van der Waals surface area contributed by atoms with Gasteiger partial charge in [-0.15, -0.1) is 0 Å². The molecule has 0 unspecified atom stereocenters. The highest BCUT2D eigenvalue weighted by molar-refractivity contribution is 5.59. The molecule has 3 nitrogen and oxygen atoms in total. The van der Waals surface area contributed by atoms with E-state index in [0.29, 0.717) is 0 Å². The van der Waals surface area contributed by atoms with Gasteiger partial charge in [-0.25, -0.2) is 4.98 Å². The van der Waals surface area contributed by atoms with Crippen molar-refractivity contribution >= 4 is 11.6 Å². The average Bonchev–Trinajstić information content (AvgIpc) is 2.70. The van der Waals surface area contributed by atoms with Crippen LogP contribution in [0.2, 0.25) is 0 Å². The lowest BCUT2D eigenvalue weighted by Gasteiger charge is -2.11. The van der Waals surface area contributed by atoms with Gasteiger partial charge < -0.3 is 9.88 Å². The Kier molecular flexibility index (Phi) is 4.25. The van der Waals surface area contributed by atoms with Crippen LogP contribution in [0.5, 0.6) is 0 Å². The number of imidazole rings is 1. The zero-order valence-electron chi connectivity index (χ0n) is 12.3. The van der Waals surface area contributed by atoms with Gasteiger partial charge in [0.05, 0.1) is 5.69 Å². The van der Waals surface area contributed by atoms with Crippen LogP contribution in [0.25, 0.3) is 0 Å². The van der Waals surface area contributed by atoms with Crippen LogP contribution >= 0.6 is 0 Å². The quantitative estimate of drug-likeness (QED) is 0.863. The first-order valence-electron chi connectivity index (χ1n) is 6.98. The minimum absolute atomic E-state index is 0.943. The van der Waals surface area contributed by atoms with E-state index in [1.165, 1.54) is 24.0 Å². The second kappa shape index (κ2) is 5.91. The van der Waals surface area contributed by atoms with Gasteiger partial charge in [-0.2, -0.15) is 0 Å². The van der Waals surface area contributed by atoms with E-state index >= 15 is 0 Å². The lowest BCUT2D eigenvalue weighted by molar-refractivity contribution is 0.637. The van der Waals surface area contributed by atoms with Crippen molar-refractivity contribution in [3.63, 3.8) is 0 Å². The second-order valence-electron chi connectivity index (χ2n) is 5.20. The van der Waals surface area contributed by atoms with Crippen molar-refractivity contribution in [2.24, 2.45) is 0 Å². The minimum Gasteiger partial charge on any atom is -0.325 e. The Morgan fingerprint density at radius 1 is 1.21 bits per heavy atom. The second-order valence-corrected chi connectivity index (χ2v) is 5.20. The molecule has 0 atom stereocenters. The molecule has 1 aromatic carbocycles. The Labute approximate surface area is 115 Å². The summed E-state index contributed by atoms with van der Waals surface area (Å²) < 4.78 is 2.21. The summed E-state index contributed by atoms with van der Waals surface area (Å²) in [7, 11) is 0. The van der Waals surface area contributed by atoms with Gasteiger partial charge in [0.1, 0.15) is 0 Å². The zero-order valence-corrected chi connectivity index (χ0v) is 12.3. The summed E-state index contributed by atoms with van der Waals surface area (Å²) >= 11 is 0. The van der Waals surface area contributed by atoms with E-state index in [2.05, 4.69) is 60.0 Å². The molecule has 1 heterocycles. The van der Waals surface area contributed by atoms with Crippen LogP contribution in [0, 0.1) is 20.8 Å².